The first kappa shape index (κ1) is 18.8. The van der Waals surface area contributed by atoms with E-state index in [0.717, 1.165) is 32.1 Å². The average Bonchev–Trinajstić information content (AvgIpc) is 2.95. The van der Waals surface area contributed by atoms with Gasteiger partial charge in [0, 0.05) is 38.0 Å². The standard InChI is InChI=1S/C18H26N6OS/c1-6-7-10-24-13-14(20-16(24)23-11-8-19-9-12-23)21-17(22(5)15(13)25)26-18(2,3)4/h19H,8-12H2,1-5H3. The maximum absolute atomic E-state index is 13.1. The van der Waals surface area contributed by atoms with Crippen LogP contribution < -0.4 is 15.8 Å². The van der Waals surface area contributed by atoms with Gasteiger partial charge < -0.3 is 10.2 Å². The van der Waals surface area contributed by atoms with Gasteiger partial charge in [-0.15, -0.1) is 5.92 Å². The average molecular weight is 375 g/mol. The minimum Gasteiger partial charge on any atom is -0.340 e. The highest BCUT2D eigenvalue weighted by Crippen LogP contribution is 2.30. The molecule has 0 bridgehead atoms. The van der Waals surface area contributed by atoms with E-state index >= 15 is 0 Å². The van der Waals surface area contributed by atoms with Gasteiger partial charge in [-0.1, -0.05) is 38.5 Å². The fourth-order valence-electron chi connectivity index (χ4n) is 2.91. The van der Waals surface area contributed by atoms with Crippen LogP contribution in [0.4, 0.5) is 5.95 Å². The molecule has 1 aliphatic rings. The summed E-state index contributed by atoms with van der Waals surface area (Å²) in [6.07, 6.45) is 0. The smallest absolute Gasteiger partial charge is 0.280 e. The van der Waals surface area contributed by atoms with E-state index in [1.165, 1.54) is 0 Å². The maximum Gasteiger partial charge on any atom is 0.280 e. The molecule has 0 unspecified atom stereocenters. The fraction of sp³-hybridized carbons (Fsp3) is 0.611. The lowest BCUT2D eigenvalue weighted by molar-refractivity contribution is 0.573. The van der Waals surface area contributed by atoms with E-state index in [0.29, 0.717) is 22.9 Å². The van der Waals surface area contributed by atoms with E-state index in [1.54, 1.807) is 30.3 Å². The number of fused-ring (bicyclic) bond motifs is 1. The van der Waals surface area contributed by atoms with Gasteiger partial charge in [-0.3, -0.25) is 13.9 Å². The third-order valence-electron chi connectivity index (χ3n) is 4.14. The number of hydrogen-bond donors (Lipinski definition) is 1. The summed E-state index contributed by atoms with van der Waals surface area (Å²) < 4.78 is 3.50. The van der Waals surface area contributed by atoms with Crippen LogP contribution in [0.3, 0.4) is 0 Å². The molecule has 2 aromatic rings. The van der Waals surface area contributed by atoms with Crippen molar-refractivity contribution in [1.82, 2.24) is 24.4 Å². The van der Waals surface area contributed by atoms with Crippen LogP contribution in [0.1, 0.15) is 27.7 Å². The van der Waals surface area contributed by atoms with Crippen LogP contribution in [0.5, 0.6) is 0 Å². The summed E-state index contributed by atoms with van der Waals surface area (Å²) in [6, 6.07) is 0. The lowest BCUT2D eigenvalue weighted by atomic mass is 10.3. The molecule has 0 amide bonds. The van der Waals surface area contributed by atoms with Crippen molar-refractivity contribution < 1.29 is 0 Å². The van der Waals surface area contributed by atoms with Gasteiger partial charge in [0.25, 0.3) is 5.56 Å². The zero-order valence-corrected chi connectivity index (χ0v) is 16.9. The predicted octanol–water partition coefficient (Wildman–Crippen LogP) is 1.45. The van der Waals surface area contributed by atoms with Crippen LogP contribution in [-0.4, -0.2) is 50.0 Å². The molecule has 0 radical (unpaired) electrons. The van der Waals surface area contributed by atoms with Gasteiger partial charge in [0.1, 0.15) is 0 Å². The molecule has 0 spiro atoms. The Bertz CT molecular complexity index is 922. The topological polar surface area (TPSA) is 68.0 Å². The zero-order valence-electron chi connectivity index (χ0n) is 16.1. The Kier molecular flexibility index (Phi) is 5.30. The molecule has 7 nitrogen and oxygen atoms in total. The van der Waals surface area contributed by atoms with E-state index in [1.807, 2.05) is 4.57 Å². The van der Waals surface area contributed by atoms with Crippen molar-refractivity contribution >= 4 is 28.9 Å². The lowest BCUT2D eigenvalue weighted by Crippen LogP contribution is -2.44. The summed E-state index contributed by atoms with van der Waals surface area (Å²) in [5.74, 6) is 6.77. The Morgan fingerprint density at radius 3 is 2.54 bits per heavy atom. The predicted molar refractivity (Wildman–Crippen MR) is 107 cm³/mol. The van der Waals surface area contributed by atoms with Crippen molar-refractivity contribution in [3.8, 4) is 11.8 Å². The highest BCUT2D eigenvalue weighted by molar-refractivity contribution is 8.00. The van der Waals surface area contributed by atoms with Crippen molar-refractivity contribution in [2.75, 3.05) is 31.1 Å². The van der Waals surface area contributed by atoms with Gasteiger partial charge in [-0.05, 0) is 6.92 Å². The van der Waals surface area contributed by atoms with E-state index in [-0.39, 0.29) is 10.3 Å². The molecule has 1 fully saturated rings. The van der Waals surface area contributed by atoms with E-state index in [9.17, 15) is 4.79 Å². The molecule has 140 valence electrons. The number of anilines is 1. The molecule has 0 atom stereocenters. The van der Waals surface area contributed by atoms with Crippen LogP contribution in [-0.2, 0) is 13.6 Å². The van der Waals surface area contributed by atoms with Crippen LogP contribution in [0.15, 0.2) is 9.95 Å². The first-order valence-corrected chi connectivity index (χ1v) is 9.65. The number of piperazine rings is 1. The third-order valence-corrected chi connectivity index (χ3v) is 5.30. The number of imidazole rings is 1. The Morgan fingerprint density at radius 1 is 1.23 bits per heavy atom. The maximum atomic E-state index is 13.1. The van der Waals surface area contributed by atoms with Gasteiger partial charge in [-0.25, -0.2) is 4.98 Å². The van der Waals surface area contributed by atoms with Gasteiger partial charge in [0.05, 0.1) is 6.54 Å². The van der Waals surface area contributed by atoms with Gasteiger partial charge in [0.15, 0.2) is 16.3 Å². The van der Waals surface area contributed by atoms with Gasteiger partial charge in [-0.2, -0.15) is 4.98 Å². The van der Waals surface area contributed by atoms with Gasteiger partial charge >= 0.3 is 0 Å². The lowest BCUT2D eigenvalue weighted by Gasteiger charge is -2.28. The Balaban J connectivity index is 2.19. The van der Waals surface area contributed by atoms with Crippen LogP contribution in [0, 0.1) is 11.8 Å². The molecule has 0 saturated carbocycles. The van der Waals surface area contributed by atoms with E-state index < -0.39 is 0 Å². The van der Waals surface area contributed by atoms with Crippen molar-refractivity contribution in [2.24, 2.45) is 7.05 Å². The van der Waals surface area contributed by atoms with Gasteiger partial charge in [0.2, 0.25) is 5.95 Å². The van der Waals surface area contributed by atoms with E-state index in [4.69, 9.17) is 9.97 Å². The SMILES string of the molecule is CC#CCn1c(N2CCNCC2)nc2nc(SC(C)(C)C)n(C)c(=O)c21. The summed E-state index contributed by atoms with van der Waals surface area (Å²) >= 11 is 1.58. The molecule has 3 rings (SSSR count). The number of nitrogens with zero attached hydrogens (tertiary/aromatic N) is 5. The molecule has 3 heterocycles. The Morgan fingerprint density at radius 2 is 1.92 bits per heavy atom. The molecular formula is C18H26N6OS. The van der Waals surface area contributed by atoms with Crippen molar-refractivity contribution in [1.29, 1.82) is 0 Å². The second-order valence-electron chi connectivity index (χ2n) is 7.31. The normalized spacial score (nSPS) is 15.2. The molecule has 0 aromatic carbocycles. The summed E-state index contributed by atoms with van der Waals surface area (Å²) in [6.45, 7) is 12.1. The highest BCUT2D eigenvalue weighted by Gasteiger charge is 2.24. The van der Waals surface area contributed by atoms with Crippen molar-refractivity contribution in [3.63, 3.8) is 0 Å². The van der Waals surface area contributed by atoms with Crippen molar-refractivity contribution in [3.05, 3.63) is 10.4 Å². The molecule has 0 aliphatic carbocycles. The zero-order chi connectivity index (χ0) is 18.9. The van der Waals surface area contributed by atoms with Crippen LogP contribution >= 0.6 is 11.8 Å². The molecule has 1 saturated heterocycles. The van der Waals surface area contributed by atoms with Crippen LogP contribution in [0.25, 0.3) is 11.2 Å². The number of nitrogens with one attached hydrogen (secondary N) is 1. The summed E-state index contributed by atoms with van der Waals surface area (Å²) in [5, 5.41) is 4.03. The minimum atomic E-state index is -0.0754. The number of aromatic nitrogens is 4. The molecule has 8 heteroatoms. The summed E-state index contributed by atoms with van der Waals surface area (Å²) in [7, 11) is 1.77. The summed E-state index contributed by atoms with van der Waals surface area (Å²) in [4.78, 5) is 24.7. The molecule has 2 aromatic heterocycles. The third kappa shape index (κ3) is 3.74. The quantitative estimate of drug-likeness (QED) is 0.498. The largest absolute Gasteiger partial charge is 0.340 e. The fourth-order valence-corrected chi connectivity index (χ4v) is 3.81. The monoisotopic (exact) mass is 374 g/mol. The Labute approximate surface area is 158 Å². The second-order valence-corrected chi connectivity index (χ2v) is 9.10. The number of hydrogen-bond acceptors (Lipinski definition) is 6. The molecule has 26 heavy (non-hydrogen) atoms. The van der Waals surface area contributed by atoms with Crippen LogP contribution in [0.2, 0.25) is 0 Å². The summed E-state index contributed by atoms with van der Waals surface area (Å²) in [5.41, 5.74) is 0.960. The first-order valence-electron chi connectivity index (χ1n) is 8.83. The Hall–Kier alpha value is -1.98. The second kappa shape index (κ2) is 7.33. The van der Waals surface area contributed by atoms with Crippen molar-refractivity contribution in [2.45, 2.75) is 44.1 Å². The van der Waals surface area contributed by atoms with E-state index in [2.05, 4.69) is 42.8 Å². The molecular weight excluding hydrogens is 348 g/mol. The highest BCUT2D eigenvalue weighted by atomic mass is 32.2. The molecule has 1 N–H and O–H groups in total. The number of rotatable bonds is 3. The first-order chi connectivity index (χ1) is 12.3. The number of thioether (sulfide) groups is 1. The molecule has 1 aliphatic heterocycles. The minimum absolute atomic E-state index is 0.0392.